The number of fused-ring (bicyclic) bond motifs is 1. The molecule has 0 unspecified atom stereocenters. The summed E-state index contributed by atoms with van der Waals surface area (Å²) in [6, 6.07) is 7.65. The maximum Gasteiger partial charge on any atom is 0.332 e. The van der Waals surface area contributed by atoms with Gasteiger partial charge in [-0.25, -0.2) is 0 Å². The Morgan fingerprint density at radius 1 is 1.14 bits per heavy atom. The maximum atomic E-state index is 12.8. The molecule has 2 aromatic rings. The van der Waals surface area contributed by atoms with Gasteiger partial charge in [0, 0.05) is 11.6 Å². The van der Waals surface area contributed by atoms with Crippen molar-refractivity contribution >= 4 is 21.1 Å². The third kappa shape index (κ3) is 1.46. The molecule has 0 aliphatic carbocycles. The molecule has 1 aromatic heterocycles. The third-order valence-electron chi connectivity index (χ3n) is 1.87. The fourth-order valence-electron chi connectivity index (χ4n) is 1.28. The Kier molecular flexibility index (Phi) is 1.96. The van der Waals surface area contributed by atoms with Crippen molar-refractivity contribution in [3.05, 3.63) is 36.5 Å². The van der Waals surface area contributed by atoms with Crippen LogP contribution in [0.15, 0.2) is 41.4 Å². The van der Waals surface area contributed by atoms with Crippen LogP contribution in [0.3, 0.4) is 0 Å². The minimum Gasteiger partial charge on any atom is -0.256 e. The third-order valence-corrected chi connectivity index (χ3v) is 2.75. The van der Waals surface area contributed by atoms with Gasteiger partial charge in [0.2, 0.25) is 0 Å². The van der Waals surface area contributed by atoms with Crippen LogP contribution in [0.4, 0.5) is 3.89 Å². The van der Waals surface area contributed by atoms with Crippen molar-refractivity contribution in [1.82, 2.24) is 4.98 Å². The molecule has 0 saturated carbocycles. The van der Waals surface area contributed by atoms with Gasteiger partial charge in [-0.2, -0.15) is 8.42 Å². The Morgan fingerprint density at radius 2 is 1.86 bits per heavy atom. The van der Waals surface area contributed by atoms with Crippen LogP contribution in [0.2, 0.25) is 0 Å². The zero-order valence-electron chi connectivity index (χ0n) is 7.01. The lowest BCUT2D eigenvalue weighted by Crippen LogP contribution is -1.94. The second-order valence-electron chi connectivity index (χ2n) is 2.76. The SMILES string of the molecule is O=S(=O)(F)c1ccnc2ccccc12. The molecule has 1 heterocycles. The van der Waals surface area contributed by atoms with E-state index >= 15 is 0 Å². The Hall–Kier alpha value is -1.49. The number of halogens is 1. The van der Waals surface area contributed by atoms with Gasteiger partial charge in [0.15, 0.2) is 0 Å². The topological polar surface area (TPSA) is 47.0 Å². The van der Waals surface area contributed by atoms with Crippen LogP contribution in [0.5, 0.6) is 0 Å². The highest BCUT2D eigenvalue weighted by Gasteiger charge is 2.15. The van der Waals surface area contributed by atoms with E-state index in [2.05, 4.69) is 4.98 Å². The van der Waals surface area contributed by atoms with Crippen molar-refractivity contribution in [2.75, 3.05) is 0 Å². The summed E-state index contributed by atoms with van der Waals surface area (Å²) in [6.45, 7) is 0. The smallest absolute Gasteiger partial charge is 0.256 e. The second-order valence-corrected chi connectivity index (χ2v) is 4.08. The first-order chi connectivity index (χ1) is 6.59. The molecule has 1 aromatic carbocycles. The van der Waals surface area contributed by atoms with E-state index in [1.54, 1.807) is 18.2 Å². The summed E-state index contributed by atoms with van der Waals surface area (Å²) in [7, 11) is -4.67. The molecule has 2 rings (SSSR count). The number of para-hydroxylation sites is 1. The van der Waals surface area contributed by atoms with Gasteiger partial charge in [-0.1, -0.05) is 18.2 Å². The van der Waals surface area contributed by atoms with Crippen LogP contribution in [0, 0.1) is 0 Å². The van der Waals surface area contributed by atoms with Crippen LogP contribution < -0.4 is 0 Å². The molecule has 0 N–H and O–H groups in total. The molecular weight excluding hydrogens is 205 g/mol. The van der Waals surface area contributed by atoms with Gasteiger partial charge in [0.1, 0.15) is 4.90 Å². The summed E-state index contributed by atoms with van der Waals surface area (Å²) >= 11 is 0. The van der Waals surface area contributed by atoms with E-state index in [4.69, 9.17) is 0 Å². The molecule has 0 aliphatic rings. The van der Waals surface area contributed by atoms with E-state index < -0.39 is 10.2 Å². The predicted octanol–water partition coefficient (Wildman–Crippen LogP) is 1.89. The largest absolute Gasteiger partial charge is 0.332 e. The molecule has 14 heavy (non-hydrogen) atoms. The summed E-state index contributed by atoms with van der Waals surface area (Å²) in [4.78, 5) is 3.59. The van der Waals surface area contributed by atoms with Crippen LogP contribution in [-0.4, -0.2) is 13.4 Å². The minimum atomic E-state index is -4.67. The van der Waals surface area contributed by atoms with Crippen molar-refractivity contribution < 1.29 is 12.3 Å². The van der Waals surface area contributed by atoms with Crippen LogP contribution >= 0.6 is 0 Å². The van der Waals surface area contributed by atoms with Crippen LogP contribution in [0.1, 0.15) is 0 Å². The first-order valence-electron chi connectivity index (χ1n) is 3.87. The van der Waals surface area contributed by atoms with E-state index in [0.717, 1.165) is 6.07 Å². The molecule has 3 nitrogen and oxygen atoms in total. The number of rotatable bonds is 1. The van der Waals surface area contributed by atoms with Gasteiger partial charge < -0.3 is 0 Å². The standard InChI is InChI=1S/C9H6FNO2S/c10-14(12,13)9-5-6-11-8-4-2-1-3-7(8)9/h1-6H. The van der Waals surface area contributed by atoms with Crippen molar-refractivity contribution in [3.8, 4) is 0 Å². The normalized spacial score (nSPS) is 11.8. The zero-order chi connectivity index (χ0) is 10.2. The first kappa shape index (κ1) is 9.08. The average Bonchev–Trinajstić information content (AvgIpc) is 2.15. The summed E-state index contributed by atoms with van der Waals surface area (Å²) < 4.78 is 34.3. The van der Waals surface area contributed by atoms with Crippen molar-refractivity contribution in [3.63, 3.8) is 0 Å². The van der Waals surface area contributed by atoms with E-state index in [9.17, 15) is 12.3 Å². The molecule has 0 atom stereocenters. The molecule has 0 bridgehead atoms. The van der Waals surface area contributed by atoms with Gasteiger partial charge in [0.05, 0.1) is 5.52 Å². The fourth-order valence-corrected chi connectivity index (χ4v) is 1.94. The van der Waals surface area contributed by atoms with Crippen LogP contribution in [-0.2, 0) is 10.2 Å². The Labute approximate surface area is 80.4 Å². The minimum absolute atomic E-state index is 0.303. The molecular formula is C9H6FNO2S. The molecule has 0 fully saturated rings. The molecule has 0 saturated heterocycles. The molecule has 0 radical (unpaired) electrons. The lowest BCUT2D eigenvalue weighted by Gasteiger charge is -2.00. The Morgan fingerprint density at radius 3 is 2.57 bits per heavy atom. The monoisotopic (exact) mass is 211 g/mol. The lowest BCUT2D eigenvalue weighted by atomic mass is 10.2. The first-order valence-corrected chi connectivity index (χ1v) is 5.26. The highest BCUT2D eigenvalue weighted by atomic mass is 32.3. The van der Waals surface area contributed by atoms with Crippen molar-refractivity contribution in [2.24, 2.45) is 0 Å². The molecule has 72 valence electrons. The number of hydrogen-bond donors (Lipinski definition) is 0. The summed E-state index contributed by atoms with van der Waals surface area (Å²) in [5.41, 5.74) is 0.464. The van der Waals surface area contributed by atoms with E-state index in [-0.39, 0.29) is 4.90 Å². The maximum absolute atomic E-state index is 12.8. The molecule has 0 spiro atoms. The molecule has 0 amide bonds. The van der Waals surface area contributed by atoms with Crippen molar-refractivity contribution in [1.29, 1.82) is 0 Å². The number of nitrogens with zero attached hydrogens (tertiary/aromatic N) is 1. The molecule has 0 aliphatic heterocycles. The summed E-state index contributed by atoms with van der Waals surface area (Å²) in [6.07, 6.45) is 1.27. The van der Waals surface area contributed by atoms with Gasteiger partial charge >= 0.3 is 10.2 Å². The van der Waals surface area contributed by atoms with Crippen molar-refractivity contribution in [2.45, 2.75) is 4.90 Å². The van der Waals surface area contributed by atoms with E-state index in [1.807, 2.05) is 0 Å². The summed E-state index contributed by atoms with van der Waals surface area (Å²) in [5.74, 6) is 0. The average molecular weight is 211 g/mol. The number of benzene rings is 1. The van der Waals surface area contributed by atoms with Gasteiger partial charge in [-0.05, 0) is 12.1 Å². The number of aromatic nitrogens is 1. The highest BCUT2D eigenvalue weighted by molar-refractivity contribution is 7.86. The predicted molar refractivity (Wildman–Crippen MR) is 50.0 cm³/mol. The van der Waals surface area contributed by atoms with E-state index in [0.29, 0.717) is 10.9 Å². The molecule has 5 heteroatoms. The van der Waals surface area contributed by atoms with Crippen LogP contribution in [0.25, 0.3) is 10.9 Å². The fraction of sp³-hybridized carbons (Fsp3) is 0. The quantitative estimate of drug-likeness (QED) is 0.677. The number of hydrogen-bond acceptors (Lipinski definition) is 3. The second kappa shape index (κ2) is 3.02. The zero-order valence-corrected chi connectivity index (χ0v) is 7.83. The Balaban J connectivity index is 2.92. The summed E-state index contributed by atoms with van der Waals surface area (Å²) in [5, 5.41) is 0.303. The van der Waals surface area contributed by atoms with Gasteiger partial charge in [-0.3, -0.25) is 4.98 Å². The lowest BCUT2D eigenvalue weighted by molar-refractivity contribution is 0.553. The Bertz CT molecular complexity index is 575. The van der Waals surface area contributed by atoms with E-state index in [1.165, 1.54) is 12.3 Å². The van der Waals surface area contributed by atoms with Gasteiger partial charge in [0.25, 0.3) is 0 Å². The highest BCUT2D eigenvalue weighted by Crippen LogP contribution is 2.21. The van der Waals surface area contributed by atoms with Gasteiger partial charge in [-0.15, -0.1) is 3.89 Å². The number of pyridine rings is 1.